The molecular weight excluding hydrogens is 267 g/mol. The van der Waals surface area contributed by atoms with Crippen molar-refractivity contribution in [3.05, 3.63) is 28.8 Å². The lowest BCUT2D eigenvalue weighted by atomic mass is 10.1. The second-order valence-corrected chi connectivity index (χ2v) is 5.91. The molecule has 1 aromatic carbocycles. The average molecular weight is 287 g/mol. The maximum absolute atomic E-state index is 6.01. The van der Waals surface area contributed by atoms with Crippen molar-refractivity contribution in [1.29, 1.82) is 0 Å². The molecule has 1 aromatic rings. The number of anilines is 1. The molecule has 4 heteroatoms. The van der Waals surface area contributed by atoms with Crippen LogP contribution in [0.25, 0.3) is 0 Å². The summed E-state index contributed by atoms with van der Waals surface area (Å²) in [5, 5.41) is 0.753. The number of hydrogen-bond donors (Lipinski definition) is 0. The molecule has 0 aliphatic carbocycles. The second kappa shape index (κ2) is 6.14. The van der Waals surface area contributed by atoms with Crippen LogP contribution in [0.3, 0.4) is 0 Å². The van der Waals surface area contributed by atoms with E-state index in [1.807, 2.05) is 12.1 Å². The molecule has 0 saturated carbocycles. The number of likely N-dealkylation sites (tertiary alicyclic amines) is 1. The summed E-state index contributed by atoms with van der Waals surface area (Å²) in [5.74, 6) is 1.25. The van der Waals surface area contributed by atoms with Crippen LogP contribution in [0.1, 0.15) is 12.0 Å². The highest BCUT2D eigenvalue weighted by Gasteiger charge is 2.21. The Morgan fingerprint density at radius 3 is 2.83 bits per heavy atom. The SMILES string of the molecule is CN1CCC(CN(C)c2ccc(Cl)cc2CCl)C1. The van der Waals surface area contributed by atoms with Crippen LogP contribution in [0.4, 0.5) is 5.69 Å². The first kappa shape index (κ1) is 14.0. The molecule has 2 nitrogen and oxygen atoms in total. The van der Waals surface area contributed by atoms with Gasteiger partial charge in [0.25, 0.3) is 0 Å². The van der Waals surface area contributed by atoms with Crippen molar-refractivity contribution in [2.24, 2.45) is 5.92 Å². The largest absolute Gasteiger partial charge is 0.374 e. The van der Waals surface area contributed by atoms with Crippen LogP contribution in [0, 0.1) is 5.92 Å². The van der Waals surface area contributed by atoms with Crippen molar-refractivity contribution in [3.8, 4) is 0 Å². The quantitative estimate of drug-likeness (QED) is 0.782. The van der Waals surface area contributed by atoms with Crippen molar-refractivity contribution in [1.82, 2.24) is 4.90 Å². The van der Waals surface area contributed by atoms with Gasteiger partial charge in [0, 0.05) is 36.7 Å². The second-order valence-electron chi connectivity index (χ2n) is 5.20. The summed E-state index contributed by atoms with van der Waals surface area (Å²) in [7, 11) is 4.32. The first-order valence-corrected chi connectivity index (χ1v) is 7.25. The lowest BCUT2D eigenvalue weighted by molar-refractivity contribution is 0.396. The molecule has 1 aliphatic rings. The van der Waals surface area contributed by atoms with E-state index in [1.54, 1.807) is 0 Å². The van der Waals surface area contributed by atoms with Gasteiger partial charge in [0.05, 0.1) is 0 Å². The highest BCUT2D eigenvalue weighted by Crippen LogP contribution is 2.27. The maximum atomic E-state index is 6.01. The van der Waals surface area contributed by atoms with Gasteiger partial charge in [0.15, 0.2) is 0 Å². The Hall–Kier alpha value is -0.440. The van der Waals surface area contributed by atoms with Gasteiger partial charge in [-0.15, -0.1) is 11.6 Å². The van der Waals surface area contributed by atoms with Crippen LogP contribution in [-0.4, -0.2) is 38.6 Å². The molecule has 0 bridgehead atoms. The van der Waals surface area contributed by atoms with Gasteiger partial charge in [-0.3, -0.25) is 0 Å². The maximum Gasteiger partial charge on any atom is 0.0495 e. The average Bonchev–Trinajstić information content (AvgIpc) is 2.74. The van der Waals surface area contributed by atoms with Crippen molar-refractivity contribution in [3.63, 3.8) is 0 Å². The highest BCUT2D eigenvalue weighted by molar-refractivity contribution is 6.30. The zero-order valence-electron chi connectivity index (χ0n) is 11.0. The van der Waals surface area contributed by atoms with Crippen LogP contribution >= 0.6 is 23.2 Å². The summed E-state index contributed by atoms with van der Waals surface area (Å²) in [6.45, 7) is 3.48. The molecule has 0 aromatic heterocycles. The summed E-state index contributed by atoms with van der Waals surface area (Å²) >= 11 is 12.0. The van der Waals surface area contributed by atoms with Gasteiger partial charge in [-0.1, -0.05) is 11.6 Å². The third-order valence-corrected chi connectivity index (χ3v) is 4.14. The Morgan fingerprint density at radius 1 is 1.44 bits per heavy atom. The number of hydrogen-bond acceptors (Lipinski definition) is 2. The van der Waals surface area contributed by atoms with Gasteiger partial charge >= 0.3 is 0 Å². The highest BCUT2D eigenvalue weighted by atomic mass is 35.5. The molecule has 2 rings (SSSR count). The molecule has 1 saturated heterocycles. The fourth-order valence-electron chi connectivity index (χ4n) is 2.69. The lowest BCUT2D eigenvalue weighted by Crippen LogP contribution is -2.27. The van der Waals surface area contributed by atoms with Gasteiger partial charge in [-0.2, -0.15) is 0 Å². The molecule has 1 unspecified atom stereocenters. The van der Waals surface area contributed by atoms with Crippen molar-refractivity contribution in [2.75, 3.05) is 38.6 Å². The summed E-state index contributed by atoms with van der Waals surface area (Å²) < 4.78 is 0. The van der Waals surface area contributed by atoms with Gasteiger partial charge in [0.2, 0.25) is 0 Å². The van der Waals surface area contributed by atoms with Crippen LogP contribution < -0.4 is 4.90 Å². The Bertz CT molecular complexity index is 409. The molecule has 100 valence electrons. The predicted octanol–water partition coefficient (Wildman–Crippen LogP) is 3.47. The Kier molecular flexibility index (Phi) is 4.77. The number of alkyl halides is 1. The minimum absolute atomic E-state index is 0.505. The summed E-state index contributed by atoms with van der Waals surface area (Å²) in [4.78, 5) is 4.70. The molecule has 18 heavy (non-hydrogen) atoms. The molecule has 0 amide bonds. The Morgan fingerprint density at radius 2 is 2.22 bits per heavy atom. The van der Waals surface area contributed by atoms with Gasteiger partial charge < -0.3 is 9.80 Å². The standard InChI is InChI=1S/C14H20Cl2N2/c1-17-6-5-11(9-17)10-18(2)14-4-3-13(16)7-12(14)8-15/h3-4,7,11H,5-6,8-10H2,1-2H3. The molecular formula is C14H20Cl2N2. The Labute approximate surface area is 119 Å². The summed E-state index contributed by atoms with van der Waals surface area (Å²) in [6.07, 6.45) is 1.28. The smallest absolute Gasteiger partial charge is 0.0495 e. The number of nitrogens with zero attached hydrogens (tertiary/aromatic N) is 2. The molecule has 1 heterocycles. The third kappa shape index (κ3) is 3.31. The molecule has 1 atom stereocenters. The molecule has 0 N–H and O–H groups in total. The van der Waals surface area contributed by atoms with E-state index >= 15 is 0 Å². The first-order valence-electron chi connectivity index (χ1n) is 6.34. The molecule has 1 aliphatic heterocycles. The minimum atomic E-state index is 0.505. The van der Waals surface area contributed by atoms with Gasteiger partial charge in [0.1, 0.15) is 0 Å². The van der Waals surface area contributed by atoms with E-state index < -0.39 is 0 Å². The number of benzene rings is 1. The lowest BCUT2D eigenvalue weighted by Gasteiger charge is -2.25. The fourth-order valence-corrected chi connectivity index (χ4v) is 3.10. The zero-order chi connectivity index (χ0) is 13.1. The van der Waals surface area contributed by atoms with E-state index in [4.69, 9.17) is 23.2 Å². The monoisotopic (exact) mass is 286 g/mol. The number of halogens is 2. The summed E-state index contributed by atoms with van der Waals surface area (Å²) in [5.41, 5.74) is 2.31. The van der Waals surface area contributed by atoms with E-state index in [0.29, 0.717) is 5.88 Å². The zero-order valence-corrected chi connectivity index (χ0v) is 12.5. The van der Waals surface area contributed by atoms with E-state index in [-0.39, 0.29) is 0 Å². The topological polar surface area (TPSA) is 6.48 Å². The number of rotatable bonds is 4. The minimum Gasteiger partial charge on any atom is -0.374 e. The molecule has 1 fully saturated rings. The van der Waals surface area contributed by atoms with Gasteiger partial charge in [-0.25, -0.2) is 0 Å². The fraction of sp³-hybridized carbons (Fsp3) is 0.571. The van der Waals surface area contributed by atoms with Crippen molar-refractivity contribution < 1.29 is 0 Å². The normalized spacial score (nSPS) is 20.3. The van der Waals surface area contributed by atoms with Crippen LogP contribution in [0.5, 0.6) is 0 Å². The van der Waals surface area contributed by atoms with E-state index in [1.165, 1.54) is 25.2 Å². The first-order chi connectivity index (χ1) is 8.60. The van der Waals surface area contributed by atoms with Crippen LogP contribution in [-0.2, 0) is 5.88 Å². The summed E-state index contributed by atoms with van der Waals surface area (Å²) in [6, 6.07) is 5.96. The van der Waals surface area contributed by atoms with Crippen molar-refractivity contribution in [2.45, 2.75) is 12.3 Å². The van der Waals surface area contributed by atoms with E-state index in [9.17, 15) is 0 Å². The van der Waals surface area contributed by atoms with Gasteiger partial charge in [-0.05, 0) is 49.7 Å². The predicted molar refractivity (Wildman–Crippen MR) is 79.9 cm³/mol. The van der Waals surface area contributed by atoms with E-state index in [2.05, 4.69) is 30.0 Å². The third-order valence-electron chi connectivity index (χ3n) is 3.62. The molecule has 0 radical (unpaired) electrons. The molecule has 0 spiro atoms. The van der Waals surface area contributed by atoms with Crippen molar-refractivity contribution >= 4 is 28.9 Å². The van der Waals surface area contributed by atoms with E-state index in [0.717, 1.165) is 23.0 Å². The van der Waals surface area contributed by atoms with Crippen LogP contribution in [0.15, 0.2) is 18.2 Å². The van der Waals surface area contributed by atoms with Crippen LogP contribution in [0.2, 0.25) is 5.02 Å². The Balaban J connectivity index is 2.06.